The maximum Gasteiger partial charge on any atom is 0.243 e. The monoisotopic (exact) mass is 315 g/mol. The van der Waals surface area contributed by atoms with E-state index in [4.69, 9.17) is 10.5 Å². The summed E-state index contributed by atoms with van der Waals surface area (Å²) in [6.45, 7) is 3.80. The van der Waals surface area contributed by atoms with Crippen LogP contribution in [0.3, 0.4) is 0 Å². The van der Waals surface area contributed by atoms with Crippen LogP contribution in [0.15, 0.2) is 24.3 Å². The van der Waals surface area contributed by atoms with Gasteiger partial charge < -0.3 is 21.1 Å². The van der Waals surface area contributed by atoms with Crippen molar-refractivity contribution < 1.29 is 14.3 Å². The van der Waals surface area contributed by atoms with Crippen LogP contribution in [0.1, 0.15) is 13.8 Å². The zero-order chi connectivity index (χ0) is 15.1. The Morgan fingerprint density at radius 3 is 1.90 bits per heavy atom. The summed E-state index contributed by atoms with van der Waals surface area (Å²) in [6.07, 6.45) is 0. The smallest absolute Gasteiger partial charge is 0.243 e. The number of hydrogen-bond acceptors (Lipinski definition) is 4. The van der Waals surface area contributed by atoms with E-state index in [9.17, 15) is 9.59 Å². The van der Waals surface area contributed by atoms with Gasteiger partial charge in [0.15, 0.2) is 0 Å². The Morgan fingerprint density at radius 1 is 1.10 bits per heavy atom. The second-order valence-corrected chi connectivity index (χ2v) is 4.77. The van der Waals surface area contributed by atoms with E-state index in [1.165, 1.54) is 7.11 Å². The molecule has 1 atom stereocenters. The van der Waals surface area contributed by atoms with Crippen molar-refractivity contribution in [2.24, 2.45) is 11.7 Å². The molecule has 0 heterocycles. The number of carbonyl (C=O) groups excluding carboxylic acids is 2. The number of rotatable bonds is 6. The minimum atomic E-state index is -0.708. The Kier molecular flexibility index (Phi) is 8.61. The summed E-state index contributed by atoms with van der Waals surface area (Å²) in [5.74, 6) is -0.448. The van der Waals surface area contributed by atoms with Gasteiger partial charge in [0.2, 0.25) is 11.8 Å². The van der Waals surface area contributed by atoms with Gasteiger partial charge in [-0.2, -0.15) is 0 Å². The van der Waals surface area contributed by atoms with Gasteiger partial charge in [0.1, 0.15) is 6.04 Å². The van der Waals surface area contributed by atoms with E-state index in [-0.39, 0.29) is 36.7 Å². The number of halogens is 1. The molecule has 21 heavy (non-hydrogen) atoms. The summed E-state index contributed by atoms with van der Waals surface area (Å²) < 4.78 is 4.81. The van der Waals surface area contributed by atoms with Gasteiger partial charge in [0.25, 0.3) is 0 Å². The number of hydrogen-bond donors (Lipinski definition) is 3. The van der Waals surface area contributed by atoms with Crippen molar-refractivity contribution in [1.29, 1.82) is 0 Å². The zero-order valence-electron chi connectivity index (χ0n) is 12.4. The molecule has 7 heteroatoms. The molecule has 0 aliphatic carbocycles. The number of nitrogens with two attached hydrogens (primary N) is 1. The van der Waals surface area contributed by atoms with Crippen molar-refractivity contribution in [3.8, 4) is 0 Å². The van der Waals surface area contributed by atoms with E-state index < -0.39 is 6.04 Å². The summed E-state index contributed by atoms with van der Waals surface area (Å²) in [7, 11) is 1.49. The Balaban J connectivity index is 0.00000400. The average molecular weight is 316 g/mol. The van der Waals surface area contributed by atoms with Gasteiger partial charge >= 0.3 is 0 Å². The molecule has 4 N–H and O–H groups in total. The first-order valence-corrected chi connectivity index (χ1v) is 6.40. The standard InChI is InChI=1S/C14H21N3O3.ClH/c1-9(2)13(18)16-10-4-6-11(7-5-10)17-14(19)12(15)8-20-3;/h4-7,9,12H,8,15H2,1-3H3,(H,16,18)(H,17,19);1H. The molecule has 0 radical (unpaired) electrons. The van der Waals surface area contributed by atoms with Gasteiger partial charge in [0.05, 0.1) is 6.61 Å². The van der Waals surface area contributed by atoms with Crippen molar-refractivity contribution in [2.75, 3.05) is 24.4 Å². The van der Waals surface area contributed by atoms with Gasteiger partial charge in [-0.05, 0) is 24.3 Å². The minimum Gasteiger partial charge on any atom is -0.383 e. The molecule has 2 amide bonds. The molecule has 0 spiro atoms. The predicted octanol–water partition coefficient (Wildman–Crippen LogP) is 1.62. The average Bonchev–Trinajstić information content (AvgIpc) is 2.41. The van der Waals surface area contributed by atoms with Crippen LogP contribution in [0, 0.1) is 5.92 Å². The Morgan fingerprint density at radius 2 is 1.52 bits per heavy atom. The fourth-order valence-electron chi connectivity index (χ4n) is 1.41. The molecule has 0 saturated carbocycles. The highest BCUT2D eigenvalue weighted by atomic mass is 35.5. The molecular weight excluding hydrogens is 294 g/mol. The molecule has 0 saturated heterocycles. The van der Waals surface area contributed by atoms with Crippen LogP contribution in [0.4, 0.5) is 11.4 Å². The van der Waals surface area contributed by atoms with E-state index in [1.54, 1.807) is 24.3 Å². The SMILES string of the molecule is COCC(N)C(=O)Nc1ccc(NC(=O)C(C)C)cc1.Cl. The number of amides is 2. The lowest BCUT2D eigenvalue weighted by Gasteiger charge is -2.12. The predicted molar refractivity (Wildman–Crippen MR) is 85.6 cm³/mol. The third kappa shape index (κ3) is 6.57. The largest absolute Gasteiger partial charge is 0.383 e. The highest BCUT2D eigenvalue weighted by Crippen LogP contribution is 2.14. The molecule has 1 aromatic rings. The van der Waals surface area contributed by atoms with Crippen molar-refractivity contribution in [1.82, 2.24) is 0 Å². The van der Waals surface area contributed by atoms with E-state index in [2.05, 4.69) is 10.6 Å². The van der Waals surface area contributed by atoms with Crippen LogP contribution in [-0.2, 0) is 14.3 Å². The molecule has 6 nitrogen and oxygen atoms in total. The number of nitrogens with one attached hydrogen (secondary N) is 2. The summed E-state index contributed by atoms with van der Waals surface area (Å²) in [5.41, 5.74) is 6.91. The number of anilines is 2. The number of methoxy groups -OCH3 is 1. The van der Waals surface area contributed by atoms with Crippen LogP contribution < -0.4 is 16.4 Å². The molecule has 0 bridgehead atoms. The van der Waals surface area contributed by atoms with Crippen molar-refractivity contribution in [2.45, 2.75) is 19.9 Å². The molecule has 1 rings (SSSR count). The fourth-order valence-corrected chi connectivity index (χ4v) is 1.41. The number of benzene rings is 1. The van der Waals surface area contributed by atoms with Crippen molar-refractivity contribution in [3.05, 3.63) is 24.3 Å². The molecule has 0 fully saturated rings. The van der Waals surface area contributed by atoms with Gasteiger partial charge in [-0.15, -0.1) is 12.4 Å². The molecule has 1 aromatic carbocycles. The lowest BCUT2D eigenvalue weighted by molar-refractivity contribution is -0.119. The molecule has 0 aromatic heterocycles. The summed E-state index contributed by atoms with van der Waals surface area (Å²) in [5, 5.41) is 5.44. The van der Waals surface area contributed by atoms with Crippen LogP contribution >= 0.6 is 12.4 Å². The summed E-state index contributed by atoms with van der Waals surface area (Å²) >= 11 is 0. The van der Waals surface area contributed by atoms with Gasteiger partial charge in [-0.1, -0.05) is 13.8 Å². The van der Waals surface area contributed by atoms with Crippen LogP contribution in [0.25, 0.3) is 0 Å². The highest BCUT2D eigenvalue weighted by Gasteiger charge is 2.13. The zero-order valence-corrected chi connectivity index (χ0v) is 13.2. The van der Waals surface area contributed by atoms with Crippen LogP contribution in [-0.4, -0.2) is 31.6 Å². The molecule has 0 aliphatic heterocycles. The lowest BCUT2D eigenvalue weighted by Crippen LogP contribution is -2.39. The molecular formula is C14H22ClN3O3. The van der Waals surface area contributed by atoms with E-state index in [1.807, 2.05) is 13.8 Å². The van der Waals surface area contributed by atoms with Gasteiger partial charge in [0, 0.05) is 24.4 Å². The van der Waals surface area contributed by atoms with E-state index in [0.717, 1.165) is 0 Å². The maximum atomic E-state index is 11.7. The Bertz CT molecular complexity index is 463. The van der Waals surface area contributed by atoms with Crippen LogP contribution in [0.2, 0.25) is 0 Å². The number of ether oxygens (including phenoxy) is 1. The van der Waals surface area contributed by atoms with Gasteiger partial charge in [-0.25, -0.2) is 0 Å². The minimum absolute atomic E-state index is 0. The second-order valence-electron chi connectivity index (χ2n) is 4.77. The first-order chi connectivity index (χ1) is 9.43. The van der Waals surface area contributed by atoms with Crippen molar-refractivity contribution in [3.63, 3.8) is 0 Å². The molecule has 118 valence electrons. The first-order valence-electron chi connectivity index (χ1n) is 6.40. The summed E-state index contributed by atoms with van der Waals surface area (Å²) in [4.78, 5) is 23.2. The third-order valence-corrected chi connectivity index (χ3v) is 2.63. The number of carbonyl (C=O) groups is 2. The van der Waals surface area contributed by atoms with Gasteiger partial charge in [-0.3, -0.25) is 9.59 Å². The third-order valence-electron chi connectivity index (χ3n) is 2.63. The topological polar surface area (TPSA) is 93.4 Å². The quantitative estimate of drug-likeness (QED) is 0.743. The molecule has 0 aliphatic rings. The van der Waals surface area contributed by atoms with E-state index in [0.29, 0.717) is 11.4 Å². The van der Waals surface area contributed by atoms with Crippen molar-refractivity contribution >= 4 is 35.6 Å². The van der Waals surface area contributed by atoms with Crippen LogP contribution in [0.5, 0.6) is 0 Å². The second kappa shape index (κ2) is 9.33. The Labute approximate surface area is 130 Å². The fraction of sp³-hybridized carbons (Fsp3) is 0.429. The highest BCUT2D eigenvalue weighted by molar-refractivity contribution is 5.95. The summed E-state index contributed by atoms with van der Waals surface area (Å²) in [6, 6.07) is 6.14. The van der Waals surface area contributed by atoms with E-state index >= 15 is 0 Å². The lowest BCUT2D eigenvalue weighted by atomic mass is 10.2. The Hall–Kier alpha value is -1.63. The first kappa shape index (κ1) is 19.4. The maximum absolute atomic E-state index is 11.7. The normalized spacial score (nSPS) is 11.5. The molecule has 1 unspecified atom stereocenters.